The zero-order valence-corrected chi connectivity index (χ0v) is 52.2. The highest BCUT2D eigenvalue weighted by Crippen LogP contribution is 2.89. The first-order valence-electron chi connectivity index (χ1n) is 28.3. The molecule has 0 amide bonds. The van der Waals surface area contributed by atoms with Gasteiger partial charge in [-0.1, -0.05) is 185 Å². The number of aryl methyl sites for hydroxylation is 2. The number of hydrogen-bond acceptors (Lipinski definition) is 6. The predicted molar refractivity (Wildman–Crippen MR) is 351 cm³/mol. The van der Waals surface area contributed by atoms with E-state index in [0.717, 1.165) is 57.5 Å². The van der Waals surface area contributed by atoms with Crippen molar-refractivity contribution in [1.82, 2.24) is 0 Å². The zero-order chi connectivity index (χ0) is 55.9. The second-order valence-electron chi connectivity index (χ2n) is 23.5. The highest BCUT2D eigenvalue weighted by atomic mass is 32.5. The maximum absolute atomic E-state index is 8.30. The fourth-order valence-electron chi connectivity index (χ4n) is 13.3. The molecule has 83 heavy (non-hydrogen) atoms. The summed E-state index contributed by atoms with van der Waals surface area (Å²) in [4.78, 5) is 0. The van der Waals surface area contributed by atoms with E-state index in [1.807, 2.05) is 0 Å². The van der Waals surface area contributed by atoms with Crippen LogP contribution in [0.2, 0.25) is 0 Å². The van der Waals surface area contributed by atoms with Crippen molar-refractivity contribution in [3.63, 3.8) is 0 Å². The molecule has 408 valence electrons. The number of benzene rings is 10. The molecule has 0 unspecified atom stereocenters. The van der Waals surface area contributed by atoms with E-state index in [2.05, 4.69) is 260 Å². The molecule has 6 nitrogen and oxygen atoms in total. The van der Waals surface area contributed by atoms with Crippen LogP contribution in [0, 0.1) is 13.8 Å². The molecule has 6 aliphatic rings. The molecular weight excluding hydrogens is 1130 g/mol. The van der Waals surface area contributed by atoms with Crippen LogP contribution in [0.15, 0.2) is 218 Å². The monoisotopic (exact) mass is 1190 g/mol. The van der Waals surface area contributed by atoms with Crippen molar-refractivity contribution in [2.75, 3.05) is 0 Å². The lowest BCUT2D eigenvalue weighted by atomic mass is 9.69. The lowest BCUT2D eigenvalue weighted by Crippen LogP contribution is -2.57. The Morgan fingerprint density at radius 2 is 0.530 bits per heavy atom. The van der Waals surface area contributed by atoms with Gasteiger partial charge < -0.3 is 28.4 Å². The van der Waals surface area contributed by atoms with E-state index in [1.165, 1.54) is 75.3 Å². The van der Waals surface area contributed by atoms with Crippen LogP contribution in [0.25, 0.3) is 0 Å². The van der Waals surface area contributed by atoms with Gasteiger partial charge in [-0.05, 0) is 131 Å². The van der Waals surface area contributed by atoms with Gasteiger partial charge in [0.15, 0.2) is 0 Å². The van der Waals surface area contributed by atoms with E-state index in [0.29, 0.717) is 12.8 Å². The van der Waals surface area contributed by atoms with Gasteiger partial charge in [0.1, 0.15) is 57.5 Å². The molecule has 0 aliphatic carbocycles. The SMILES string of the molecule is Cc1cc(P(P2c3ccccc3Oc3ccccc32)P2c3ccccc3Oc3ccccc32)c2c(c1)C(C)(C)CC1(CC(C)(C)c3cc(C)cc(P(P4c5ccccc5Oc5ccccc54)P4c5ccccc5Oc5ccccc54)c3O1)O2. The molecule has 0 aromatic heterocycles. The predicted octanol–water partition coefficient (Wildman–Crippen LogP) is 16.6. The van der Waals surface area contributed by atoms with Gasteiger partial charge in [-0.25, -0.2) is 0 Å². The molecule has 16 rings (SSSR count). The Hall–Kier alpha value is -6.42. The lowest BCUT2D eigenvalue weighted by Gasteiger charge is -2.53. The Balaban J connectivity index is 0.939. The quantitative estimate of drug-likeness (QED) is 0.155. The van der Waals surface area contributed by atoms with Crippen LogP contribution in [0.4, 0.5) is 0 Å². The normalized spacial score (nSPS) is 17.3. The second-order valence-corrected chi connectivity index (χ2v) is 43.5. The Morgan fingerprint density at radius 1 is 0.313 bits per heavy atom. The van der Waals surface area contributed by atoms with Gasteiger partial charge >= 0.3 is 0 Å². The highest BCUT2D eigenvalue weighted by Gasteiger charge is 2.57. The molecule has 0 N–H and O–H groups in total. The van der Waals surface area contributed by atoms with E-state index in [9.17, 15) is 0 Å². The third kappa shape index (κ3) is 8.49. The Kier molecular flexibility index (Phi) is 12.5. The molecule has 0 saturated carbocycles. The van der Waals surface area contributed by atoms with Crippen LogP contribution >= 0.6 is 45.0 Å². The van der Waals surface area contributed by atoms with E-state index >= 15 is 0 Å². The van der Waals surface area contributed by atoms with Crippen molar-refractivity contribution < 1.29 is 28.4 Å². The highest BCUT2D eigenvalue weighted by molar-refractivity contribution is 8.69. The van der Waals surface area contributed by atoms with Crippen LogP contribution in [0.5, 0.6) is 57.5 Å². The maximum atomic E-state index is 8.30. The van der Waals surface area contributed by atoms with Crippen molar-refractivity contribution in [2.45, 2.75) is 71.0 Å². The average molecular weight is 1190 g/mol. The molecule has 6 heterocycles. The molecular formula is C71H58O6P6. The van der Waals surface area contributed by atoms with E-state index in [1.54, 1.807) is 0 Å². The second kappa shape index (κ2) is 19.8. The summed E-state index contributed by atoms with van der Waals surface area (Å²) < 4.78 is 44.2. The van der Waals surface area contributed by atoms with E-state index in [4.69, 9.17) is 28.4 Å². The minimum atomic E-state index is -1.19. The molecule has 6 aliphatic heterocycles. The molecule has 12 heteroatoms. The van der Waals surface area contributed by atoms with Gasteiger partial charge in [0.05, 0.1) is 0 Å². The third-order valence-corrected chi connectivity index (χ3v) is 45.1. The number of hydrogen-bond donors (Lipinski definition) is 0. The summed E-state index contributed by atoms with van der Waals surface area (Å²) in [6.07, 6.45) is 1.32. The first kappa shape index (κ1) is 52.2. The zero-order valence-electron chi connectivity index (χ0n) is 46.8. The maximum Gasteiger partial charge on any atom is 0.253 e. The van der Waals surface area contributed by atoms with Gasteiger partial charge in [-0.3, -0.25) is 0 Å². The van der Waals surface area contributed by atoms with Crippen molar-refractivity contribution in [2.24, 2.45) is 0 Å². The molecule has 0 saturated heterocycles. The molecule has 0 radical (unpaired) electrons. The molecule has 1 spiro atoms. The smallest absolute Gasteiger partial charge is 0.253 e. The van der Waals surface area contributed by atoms with Gasteiger partial charge in [0.2, 0.25) is 0 Å². The number of para-hydroxylation sites is 8. The first-order chi connectivity index (χ1) is 40.4. The molecule has 0 bridgehead atoms. The standard InChI is InChI=1S/C71H58O6P6/c1-45-39-47-67(65(41-45)82(78-57-31-15-7-23-49(57)72-50-24-8-16-32-58(50)78)79-59-33-17-9-25-51(59)73-52-26-10-18-34-60(52)79)76-71(43-69(47,3)4)44-70(5,6)48-40-46(2)42-66(68(48)77-71)83(80-61-35-19-11-27-53(61)74-54-28-12-20-36-62(54)80)81-63-37-21-13-29-55(63)75-56-30-14-22-38-64(56)81/h7-42H,43-44H2,1-6H3. The number of fused-ring (bicyclic) bond motifs is 10. The number of rotatable bonds is 6. The molecule has 10 aromatic rings. The van der Waals surface area contributed by atoms with Crippen LogP contribution in [0.3, 0.4) is 0 Å². The van der Waals surface area contributed by atoms with E-state index in [-0.39, 0.29) is 10.8 Å². The van der Waals surface area contributed by atoms with Crippen LogP contribution in [-0.4, -0.2) is 5.79 Å². The summed E-state index contributed by atoms with van der Waals surface area (Å²) in [5, 5.41) is 12.6. The van der Waals surface area contributed by atoms with Crippen LogP contribution < -0.4 is 81.5 Å². The Morgan fingerprint density at radius 3 is 0.759 bits per heavy atom. The molecule has 0 fully saturated rings. The Bertz CT molecular complexity index is 3660. The topological polar surface area (TPSA) is 55.4 Å². The van der Waals surface area contributed by atoms with Crippen LogP contribution in [-0.2, 0) is 10.8 Å². The van der Waals surface area contributed by atoms with Crippen molar-refractivity contribution >= 4 is 98.1 Å². The lowest BCUT2D eigenvalue weighted by molar-refractivity contribution is -0.165. The largest absolute Gasteiger partial charge is 0.456 e. The van der Waals surface area contributed by atoms with Gasteiger partial charge in [-0.2, -0.15) is 0 Å². The minimum Gasteiger partial charge on any atom is -0.456 e. The van der Waals surface area contributed by atoms with Crippen molar-refractivity contribution in [3.8, 4) is 57.5 Å². The van der Waals surface area contributed by atoms with Crippen molar-refractivity contribution in [3.05, 3.63) is 241 Å². The number of ether oxygens (including phenoxy) is 6. The summed E-state index contributed by atoms with van der Waals surface area (Å²) in [5.41, 5.74) is 4.17. The summed E-state index contributed by atoms with van der Waals surface area (Å²) in [7, 11) is -6.79. The third-order valence-electron chi connectivity index (χ3n) is 16.7. The first-order valence-corrected chi connectivity index (χ1v) is 39.2. The fraction of sp³-hybridized carbons (Fsp3) is 0.155. The van der Waals surface area contributed by atoms with Gasteiger partial charge in [-0.15, -0.1) is 0 Å². The fourth-order valence-corrected chi connectivity index (χ4v) is 47.5. The summed E-state index contributed by atoms with van der Waals surface area (Å²) in [5.74, 6) is 8.28. The van der Waals surface area contributed by atoms with Gasteiger partial charge in [0.25, 0.3) is 5.79 Å². The van der Waals surface area contributed by atoms with Crippen molar-refractivity contribution in [1.29, 1.82) is 0 Å². The van der Waals surface area contributed by atoms with E-state index < -0.39 is 50.8 Å². The van der Waals surface area contributed by atoms with Crippen LogP contribution in [0.1, 0.15) is 62.8 Å². The minimum absolute atomic E-state index is 0.374. The average Bonchev–Trinajstić information content (AvgIpc) is 2.26. The van der Waals surface area contributed by atoms with Gasteiger partial charge in [0, 0.05) is 87.8 Å². The summed E-state index contributed by atoms with van der Waals surface area (Å²) >= 11 is 0. The summed E-state index contributed by atoms with van der Waals surface area (Å²) in [6.45, 7) is 14.3. The Labute approximate surface area is 492 Å². The molecule has 0 atom stereocenters. The molecule has 10 aromatic carbocycles. The summed E-state index contributed by atoms with van der Waals surface area (Å²) in [6, 6.07) is 80.2.